The Hall–Kier alpha value is -3.02. The summed E-state index contributed by atoms with van der Waals surface area (Å²) in [4.78, 5) is 23.3. The molecule has 2 aromatic carbocycles. The van der Waals surface area contributed by atoms with Gasteiger partial charge in [-0.2, -0.15) is 0 Å². The summed E-state index contributed by atoms with van der Waals surface area (Å²) in [5, 5.41) is 2.75. The standard InChI is InChI=1S/C18H20N2O4/c1-12-6-7-15(18(19)22)16(8-12)24-11-17(21)20-10-13-4-3-5-14(9-13)23-2/h3-9H,10-11H2,1-2H3,(H2,19,22)(H,20,21). The molecule has 126 valence electrons. The minimum absolute atomic E-state index is 0.201. The van der Waals surface area contributed by atoms with Gasteiger partial charge in [0.2, 0.25) is 0 Å². The molecule has 0 saturated heterocycles. The van der Waals surface area contributed by atoms with Crippen LogP contribution in [-0.2, 0) is 11.3 Å². The molecule has 6 heteroatoms. The monoisotopic (exact) mass is 328 g/mol. The van der Waals surface area contributed by atoms with E-state index in [1.807, 2.05) is 31.2 Å². The van der Waals surface area contributed by atoms with Gasteiger partial charge in [-0.25, -0.2) is 0 Å². The van der Waals surface area contributed by atoms with Crippen LogP contribution in [0.5, 0.6) is 11.5 Å². The molecule has 0 heterocycles. The van der Waals surface area contributed by atoms with E-state index in [9.17, 15) is 9.59 Å². The molecule has 2 rings (SSSR count). The summed E-state index contributed by atoms with van der Waals surface area (Å²) in [6.07, 6.45) is 0. The quantitative estimate of drug-likeness (QED) is 0.811. The maximum Gasteiger partial charge on any atom is 0.258 e. The van der Waals surface area contributed by atoms with Crippen LogP contribution < -0.4 is 20.5 Å². The van der Waals surface area contributed by atoms with Crippen LogP contribution in [0.4, 0.5) is 0 Å². The maximum atomic E-state index is 11.9. The molecular weight excluding hydrogens is 308 g/mol. The van der Waals surface area contributed by atoms with Crippen molar-refractivity contribution in [2.24, 2.45) is 5.73 Å². The average Bonchev–Trinajstić information content (AvgIpc) is 2.58. The van der Waals surface area contributed by atoms with E-state index in [-0.39, 0.29) is 18.1 Å². The van der Waals surface area contributed by atoms with Crippen molar-refractivity contribution in [2.75, 3.05) is 13.7 Å². The number of aryl methyl sites for hydroxylation is 1. The third kappa shape index (κ3) is 4.74. The van der Waals surface area contributed by atoms with Gasteiger partial charge in [-0.1, -0.05) is 18.2 Å². The number of rotatable bonds is 7. The fourth-order valence-corrected chi connectivity index (χ4v) is 2.13. The minimum atomic E-state index is -0.596. The molecule has 0 fully saturated rings. The summed E-state index contributed by atoms with van der Waals surface area (Å²) in [5.74, 6) is 0.138. The highest BCUT2D eigenvalue weighted by atomic mass is 16.5. The number of primary amides is 1. The average molecular weight is 328 g/mol. The van der Waals surface area contributed by atoms with E-state index in [1.54, 1.807) is 25.3 Å². The molecule has 0 spiro atoms. The number of hydrogen-bond donors (Lipinski definition) is 2. The molecule has 0 aromatic heterocycles. The Labute approximate surface area is 140 Å². The molecule has 0 bridgehead atoms. The van der Waals surface area contributed by atoms with Crippen LogP contribution in [0.3, 0.4) is 0 Å². The zero-order valence-electron chi connectivity index (χ0n) is 13.7. The molecule has 0 radical (unpaired) electrons. The van der Waals surface area contributed by atoms with Crippen LogP contribution in [0.2, 0.25) is 0 Å². The lowest BCUT2D eigenvalue weighted by Gasteiger charge is -2.11. The van der Waals surface area contributed by atoms with E-state index in [1.165, 1.54) is 0 Å². The first-order chi connectivity index (χ1) is 11.5. The Balaban J connectivity index is 1.91. The summed E-state index contributed by atoms with van der Waals surface area (Å²) in [6, 6.07) is 12.4. The summed E-state index contributed by atoms with van der Waals surface area (Å²) < 4.78 is 10.6. The van der Waals surface area contributed by atoms with Crippen molar-refractivity contribution in [1.29, 1.82) is 0 Å². The van der Waals surface area contributed by atoms with Crippen LogP contribution in [0.15, 0.2) is 42.5 Å². The van der Waals surface area contributed by atoms with Crippen molar-refractivity contribution >= 4 is 11.8 Å². The third-order valence-corrected chi connectivity index (χ3v) is 3.39. The van der Waals surface area contributed by atoms with Gasteiger partial charge in [-0.05, 0) is 42.3 Å². The van der Waals surface area contributed by atoms with Crippen molar-refractivity contribution in [3.8, 4) is 11.5 Å². The predicted molar refractivity (Wildman–Crippen MR) is 90.0 cm³/mol. The summed E-state index contributed by atoms with van der Waals surface area (Å²) >= 11 is 0. The molecular formula is C18H20N2O4. The van der Waals surface area contributed by atoms with Crippen LogP contribution in [0, 0.1) is 6.92 Å². The fourth-order valence-electron chi connectivity index (χ4n) is 2.13. The Bertz CT molecular complexity index is 744. The predicted octanol–water partition coefficient (Wildman–Crippen LogP) is 1.80. The topological polar surface area (TPSA) is 90.7 Å². The maximum absolute atomic E-state index is 11.9. The molecule has 0 atom stereocenters. The zero-order valence-corrected chi connectivity index (χ0v) is 13.7. The van der Waals surface area contributed by atoms with Crippen molar-refractivity contribution in [3.63, 3.8) is 0 Å². The second kappa shape index (κ2) is 8.01. The van der Waals surface area contributed by atoms with Crippen LogP contribution in [-0.4, -0.2) is 25.5 Å². The van der Waals surface area contributed by atoms with Gasteiger partial charge >= 0.3 is 0 Å². The smallest absolute Gasteiger partial charge is 0.258 e. The second-order valence-corrected chi connectivity index (χ2v) is 5.28. The van der Waals surface area contributed by atoms with E-state index >= 15 is 0 Å². The van der Waals surface area contributed by atoms with Gasteiger partial charge in [0, 0.05) is 6.54 Å². The van der Waals surface area contributed by atoms with Crippen molar-refractivity contribution in [3.05, 3.63) is 59.2 Å². The van der Waals surface area contributed by atoms with Crippen molar-refractivity contribution in [1.82, 2.24) is 5.32 Å². The first kappa shape index (κ1) is 17.3. The number of hydrogen-bond acceptors (Lipinski definition) is 4. The number of carbonyl (C=O) groups is 2. The van der Waals surface area contributed by atoms with Gasteiger partial charge in [0.05, 0.1) is 12.7 Å². The largest absolute Gasteiger partial charge is 0.497 e. The lowest BCUT2D eigenvalue weighted by molar-refractivity contribution is -0.123. The highest BCUT2D eigenvalue weighted by Crippen LogP contribution is 2.19. The van der Waals surface area contributed by atoms with E-state index in [0.717, 1.165) is 16.9 Å². The molecule has 0 aliphatic carbocycles. The molecule has 0 saturated carbocycles. The third-order valence-electron chi connectivity index (χ3n) is 3.39. The molecule has 3 N–H and O–H groups in total. The van der Waals surface area contributed by atoms with Crippen LogP contribution in [0.25, 0.3) is 0 Å². The molecule has 2 amide bonds. The van der Waals surface area contributed by atoms with Crippen LogP contribution in [0.1, 0.15) is 21.5 Å². The highest BCUT2D eigenvalue weighted by Gasteiger charge is 2.11. The SMILES string of the molecule is COc1cccc(CNC(=O)COc2cc(C)ccc2C(N)=O)c1. The molecule has 24 heavy (non-hydrogen) atoms. The van der Waals surface area contributed by atoms with E-state index in [2.05, 4.69) is 5.32 Å². The summed E-state index contributed by atoms with van der Waals surface area (Å²) in [6.45, 7) is 2.02. The number of nitrogens with two attached hydrogens (primary N) is 1. The number of benzene rings is 2. The number of ether oxygens (including phenoxy) is 2. The van der Waals surface area contributed by atoms with Gasteiger partial charge < -0.3 is 20.5 Å². The molecule has 6 nitrogen and oxygen atoms in total. The van der Waals surface area contributed by atoms with Gasteiger partial charge in [0.15, 0.2) is 6.61 Å². The molecule has 0 aliphatic rings. The second-order valence-electron chi connectivity index (χ2n) is 5.28. The number of carbonyl (C=O) groups excluding carboxylic acids is 2. The Morgan fingerprint density at radius 1 is 1.17 bits per heavy atom. The highest BCUT2D eigenvalue weighted by molar-refractivity contribution is 5.95. The van der Waals surface area contributed by atoms with Crippen LogP contribution >= 0.6 is 0 Å². The number of amides is 2. The van der Waals surface area contributed by atoms with E-state index in [0.29, 0.717) is 12.3 Å². The Morgan fingerprint density at radius 2 is 1.96 bits per heavy atom. The summed E-state index contributed by atoms with van der Waals surface area (Å²) in [5.41, 5.74) is 7.37. The molecule has 0 unspecified atom stereocenters. The lowest BCUT2D eigenvalue weighted by Crippen LogP contribution is -2.28. The summed E-state index contributed by atoms with van der Waals surface area (Å²) in [7, 11) is 1.59. The lowest BCUT2D eigenvalue weighted by atomic mass is 10.1. The fraction of sp³-hybridized carbons (Fsp3) is 0.222. The number of nitrogens with one attached hydrogen (secondary N) is 1. The van der Waals surface area contributed by atoms with E-state index < -0.39 is 5.91 Å². The van der Waals surface area contributed by atoms with Gasteiger partial charge in [0.25, 0.3) is 11.8 Å². The van der Waals surface area contributed by atoms with Gasteiger partial charge in [0.1, 0.15) is 11.5 Å². The first-order valence-electron chi connectivity index (χ1n) is 7.42. The normalized spacial score (nSPS) is 10.1. The van der Waals surface area contributed by atoms with E-state index in [4.69, 9.17) is 15.2 Å². The zero-order chi connectivity index (χ0) is 17.5. The first-order valence-corrected chi connectivity index (χ1v) is 7.42. The Morgan fingerprint density at radius 3 is 2.67 bits per heavy atom. The number of methoxy groups -OCH3 is 1. The Kier molecular flexibility index (Phi) is 5.78. The van der Waals surface area contributed by atoms with Crippen molar-refractivity contribution in [2.45, 2.75) is 13.5 Å². The van der Waals surface area contributed by atoms with Crippen molar-refractivity contribution < 1.29 is 19.1 Å². The van der Waals surface area contributed by atoms with Gasteiger partial charge in [-0.15, -0.1) is 0 Å². The molecule has 0 aliphatic heterocycles. The minimum Gasteiger partial charge on any atom is -0.497 e. The van der Waals surface area contributed by atoms with Gasteiger partial charge in [-0.3, -0.25) is 9.59 Å². The molecule has 2 aromatic rings.